The Kier molecular flexibility index (Phi) is 0.574. The van der Waals surface area contributed by atoms with Gasteiger partial charge in [0.25, 0.3) is 0 Å². The summed E-state index contributed by atoms with van der Waals surface area (Å²) in [6.07, 6.45) is 0. The molecule has 0 unspecified atom stereocenters. The summed E-state index contributed by atoms with van der Waals surface area (Å²) >= 11 is 0. The predicted molar refractivity (Wildman–Crippen MR) is 44.1 cm³/mol. The molecule has 14 heavy (non-hydrogen) atoms. The van der Waals surface area contributed by atoms with E-state index in [1.807, 2.05) is 0 Å². The maximum Gasteiger partial charge on any atom is 0.310 e. The van der Waals surface area contributed by atoms with Gasteiger partial charge in [0, 0.05) is 5.41 Å². The van der Waals surface area contributed by atoms with E-state index in [-0.39, 0.29) is 10.8 Å². The van der Waals surface area contributed by atoms with Crippen molar-refractivity contribution in [3.8, 4) is 0 Å². The lowest BCUT2D eigenvalue weighted by Gasteiger charge is -3.09. The SMILES string of the molecule is CC(=O)C12C3C4C1C1C2C3C41C(=O)O. The zero-order valence-electron chi connectivity index (χ0n) is 7.73. The number of hydrogen-bond donors (Lipinski definition) is 1. The number of rotatable bonds is 2. The molecule has 0 aromatic rings. The van der Waals surface area contributed by atoms with Crippen LogP contribution in [0.4, 0.5) is 0 Å². The highest BCUT2D eigenvalue weighted by Crippen LogP contribution is 3.10. The average molecular weight is 190 g/mol. The quantitative estimate of drug-likeness (QED) is 0.685. The lowest BCUT2D eigenvalue weighted by molar-refractivity contribution is -0.625. The van der Waals surface area contributed by atoms with Gasteiger partial charge in [-0.25, -0.2) is 0 Å². The standard InChI is InChI=1S/C11H10O3/c1-2(12)10-3-6-4(10)8-5(10)7(3)11(6,8)9(13)14/h3-8H,1H3,(H,13,14). The van der Waals surface area contributed by atoms with E-state index >= 15 is 0 Å². The van der Waals surface area contributed by atoms with Crippen LogP contribution in [0.5, 0.6) is 0 Å². The van der Waals surface area contributed by atoms with Crippen LogP contribution in [0.15, 0.2) is 0 Å². The molecule has 6 rings (SSSR count). The molecular weight excluding hydrogens is 180 g/mol. The lowest BCUT2D eigenvalue weighted by atomic mass is 8.92. The van der Waals surface area contributed by atoms with Crippen molar-refractivity contribution in [2.24, 2.45) is 46.3 Å². The fraction of sp³-hybridized carbons (Fsp3) is 0.818. The molecule has 3 nitrogen and oxygen atoms in total. The predicted octanol–water partition coefficient (Wildman–Crippen LogP) is 0.398. The summed E-state index contributed by atoms with van der Waals surface area (Å²) in [4.78, 5) is 22.7. The first kappa shape index (κ1) is 6.59. The third-order valence-corrected chi connectivity index (χ3v) is 6.61. The molecular formula is C11H10O3. The number of carboxylic acids is 1. The van der Waals surface area contributed by atoms with Crippen LogP contribution in [-0.2, 0) is 9.59 Å². The van der Waals surface area contributed by atoms with E-state index in [1.165, 1.54) is 0 Å². The fourth-order valence-corrected chi connectivity index (χ4v) is 6.66. The van der Waals surface area contributed by atoms with Crippen LogP contribution >= 0.6 is 0 Å². The molecule has 6 saturated carbocycles. The van der Waals surface area contributed by atoms with Crippen molar-refractivity contribution in [2.45, 2.75) is 6.92 Å². The minimum Gasteiger partial charge on any atom is -0.481 e. The van der Waals surface area contributed by atoms with E-state index in [4.69, 9.17) is 0 Å². The Labute approximate surface area is 80.5 Å². The van der Waals surface area contributed by atoms with Crippen LogP contribution in [0.3, 0.4) is 0 Å². The van der Waals surface area contributed by atoms with Crippen LogP contribution in [0, 0.1) is 46.3 Å². The van der Waals surface area contributed by atoms with Gasteiger partial charge in [-0.2, -0.15) is 0 Å². The number of carbonyl (C=O) groups excluding carboxylic acids is 1. The second kappa shape index (κ2) is 1.22. The third-order valence-electron chi connectivity index (χ3n) is 6.61. The molecule has 0 atom stereocenters. The van der Waals surface area contributed by atoms with Gasteiger partial charge in [0.05, 0.1) is 5.41 Å². The molecule has 0 bridgehead atoms. The summed E-state index contributed by atoms with van der Waals surface area (Å²) < 4.78 is 0. The Bertz CT molecular complexity index is 354. The van der Waals surface area contributed by atoms with E-state index in [0.717, 1.165) is 0 Å². The Balaban J connectivity index is 1.66. The number of carbonyl (C=O) groups is 2. The van der Waals surface area contributed by atoms with Crippen molar-refractivity contribution in [3.63, 3.8) is 0 Å². The first-order chi connectivity index (χ1) is 6.62. The molecule has 72 valence electrons. The zero-order chi connectivity index (χ0) is 9.62. The second-order valence-electron chi connectivity index (χ2n) is 5.88. The van der Waals surface area contributed by atoms with Crippen LogP contribution in [0.25, 0.3) is 0 Å². The lowest BCUT2D eigenvalue weighted by Crippen LogP contribution is -3.11. The largest absolute Gasteiger partial charge is 0.481 e. The molecule has 0 amide bonds. The summed E-state index contributed by atoms with van der Waals surface area (Å²) in [6.45, 7) is 1.70. The summed E-state index contributed by atoms with van der Waals surface area (Å²) in [5.74, 6) is 2.48. The first-order valence-corrected chi connectivity index (χ1v) is 5.36. The van der Waals surface area contributed by atoms with Crippen molar-refractivity contribution in [1.29, 1.82) is 0 Å². The molecule has 3 heteroatoms. The highest BCUT2D eigenvalue weighted by Gasteiger charge is 3.12. The normalized spacial score (nSPS) is 76.9. The van der Waals surface area contributed by atoms with E-state index in [0.29, 0.717) is 41.3 Å². The van der Waals surface area contributed by atoms with Gasteiger partial charge >= 0.3 is 5.97 Å². The molecule has 6 fully saturated rings. The molecule has 0 aliphatic heterocycles. The maximum absolute atomic E-state index is 11.6. The number of ketones is 1. The van der Waals surface area contributed by atoms with Crippen molar-refractivity contribution in [1.82, 2.24) is 0 Å². The number of Topliss-reactive ketones (excluding diaryl/α,β-unsaturated/α-hetero) is 1. The highest BCUT2D eigenvalue weighted by atomic mass is 16.4. The van der Waals surface area contributed by atoms with Gasteiger partial charge in [-0.05, 0) is 42.4 Å². The Morgan fingerprint density at radius 1 is 0.929 bits per heavy atom. The van der Waals surface area contributed by atoms with Gasteiger partial charge in [-0.3, -0.25) is 9.59 Å². The number of carboxylic acid groups (broad SMARTS) is 1. The van der Waals surface area contributed by atoms with Crippen molar-refractivity contribution < 1.29 is 14.7 Å². The maximum atomic E-state index is 11.6. The van der Waals surface area contributed by atoms with Crippen molar-refractivity contribution in [3.05, 3.63) is 0 Å². The summed E-state index contributed by atoms with van der Waals surface area (Å²) in [7, 11) is 0. The third kappa shape index (κ3) is 0.226. The van der Waals surface area contributed by atoms with Crippen LogP contribution in [0.1, 0.15) is 6.92 Å². The molecule has 0 radical (unpaired) electrons. The van der Waals surface area contributed by atoms with Gasteiger partial charge < -0.3 is 5.11 Å². The highest BCUT2D eigenvalue weighted by molar-refractivity contribution is 5.98. The molecule has 0 spiro atoms. The number of hydrogen-bond acceptors (Lipinski definition) is 2. The van der Waals surface area contributed by atoms with E-state index < -0.39 is 5.97 Å². The van der Waals surface area contributed by atoms with E-state index in [1.54, 1.807) is 6.92 Å². The fourth-order valence-electron chi connectivity index (χ4n) is 6.66. The van der Waals surface area contributed by atoms with Gasteiger partial charge in [0.15, 0.2) is 0 Å². The van der Waals surface area contributed by atoms with Gasteiger partial charge in [-0.1, -0.05) is 0 Å². The molecule has 1 N–H and O–H groups in total. The van der Waals surface area contributed by atoms with E-state index in [2.05, 4.69) is 0 Å². The Morgan fingerprint density at radius 2 is 1.29 bits per heavy atom. The van der Waals surface area contributed by atoms with Crippen LogP contribution in [-0.4, -0.2) is 16.9 Å². The van der Waals surface area contributed by atoms with Gasteiger partial charge in [0.1, 0.15) is 5.78 Å². The van der Waals surface area contributed by atoms with Crippen molar-refractivity contribution >= 4 is 11.8 Å². The summed E-state index contributed by atoms with van der Waals surface area (Å²) in [5.41, 5.74) is -0.283. The molecule has 0 aromatic carbocycles. The molecule has 0 heterocycles. The minimum atomic E-state index is -0.571. The van der Waals surface area contributed by atoms with Crippen molar-refractivity contribution in [2.75, 3.05) is 0 Å². The smallest absolute Gasteiger partial charge is 0.310 e. The minimum absolute atomic E-state index is 0.0250. The first-order valence-electron chi connectivity index (χ1n) is 5.36. The monoisotopic (exact) mass is 190 g/mol. The Morgan fingerprint density at radius 3 is 1.57 bits per heavy atom. The second-order valence-corrected chi connectivity index (χ2v) is 5.88. The van der Waals surface area contributed by atoms with E-state index in [9.17, 15) is 14.7 Å². The summed E-state index contributed by atoms with van der Waals surface area (Å²) in [5, 5.41) is 9.20. The van der Waals surface area contributed by atoms with Crippen LogP contribution < -0.4 is 0 Å². The molecule has 6 aliphatic rings. The Hall–Kier alpha value is -0.860. The van der Waals surface area contributed by atoms with Crippen LogP contribution in [0.2, 0.25) is 0 Å². The van der Waals surface area contributed by atoms with Gasteiger partial charge in [-0.15, -0.1) is 0 Å². The molecule has 0 saturated heterocycles. The topological polar surface area (TPSA) is 54.4 Å². The molecule has 6 aliphatic carbocycles. The van der Waals surface area contributed by atoms with Gasteiger partial charge in [0.2, 0.25) is 0 Å². The zero-order valence-corrected chi connectivity index (χ0v) is 7.73. The number of aliphatic carboxylic acids is 1. The average Bonchev–Trinajstić information content (AvgIpc) is 2.16. The molecule has 0 aromatic heterocycles. The summed E-state index contributed by atoms with van der Waals surface area (Å²) in [6, 6.07) is 0.